The van der Waals surface area contributed by atoms with Crippen LogP contribution < -0.4 is 0 Å². The molecule has 6 heteroatoms. The third kappa shape index (κ3) is 3.54. The van der Waals surface area contributed by atoms with Crippen molar-refractivity contribution in [3.8, 4) is 0 Å². The first-order valence-electron chi connectivity index (χ1n) is 7.81. The number of ketones is 1. The monoisotopic (exact) mass is 310 g/mol. The van der Waals surface area contributed by atoms with Gasteiger partial charge in [0.25, 0.3) is 0 Å². The van der Waals surface area contributed by atoms with Gasteiger partial charge in [-0.2, -0.15) is 5.10 Å². The van der Waals surface area contributed by atoms with Crippen LogP contribution in [0.2, 0.25) is 0 Å². The van der Waals surface area contributed by atoms with E-state index in [-0.39, 0.29) is 29.6 Å². The predicted molar refractivity (Wildman–Crippen MR) is 79.8 cm³/mol. The zero-order chi connectivity index (χ0) is 14.9. The summed E-state index contributed by atoms with van der Waals surface area (Å²) in [7, 11) is -2.99. The molecule has 0 spiro atoms. The smallest absolute Gasteiger partial charge is 0.151 e. The Bertz CT molecular complexity index is 615. The van der Waals surface area contributed by atoms with Crippen LogP contribution in [-0.2, 0) is 21.1 Å². The first-order chi connectivity index (χ1) is 10.0. The standard InChI is InChI=1S/C15H22N2O3S/c18-15(12-7-9-21(19,20)11-12)10-13-6-8-17(16-13)14-4-2-1-3-5-14/h6,8,12,14H,1-5,7,9-11H2. The lowest BCUT2D eigenvalue weighted by molar-refractivity contribution is -0.121. The Morgan fingerprint density at radius 2 is 2.00 bits per heavy atom. The lowest BCUT2D eigenvalue weighted by Gasteiger charge is -2.21. The van der Waals surface area contributed by atoms with E-state index in [0.29, 0.717) is 12.5 Å². The minimum atomic E-state index is -2.99. The summed E-state index contributed by atoms with van der Waals surface area (Å²) in [5, 5.41) is 4.53. The van der Waals surface area contributed by atoms with Gasteiger partial charge in [0.05, 0.1) is 29.7 Å². The van der Waals surface area contributed by atoms with E-state index >= 15 is 0 Å². The number of hydrogen-bond donors (Lipinski definition) is 0. The van der Waals surface area contributed by atoms with Crippen molar-refractivity contribution >= 4 is 15.6 Å². The van der Waals surface area contributed by atoms with E-state index in [2.05, 4.69) is 5.10 Å². The maximum Gasteiger partial charge on any atom is 0.151 e. The van der Waals surface area contributed by atoms with Crippen molar-refractivity contribution < 1.29 is 13.2 Å². The first-order valence-corrected chi connectivity index (χ1v) is 9.63. The molecule has 5 nitrogen and oxygen atoms in total. The van der Waals surface area contributed by atoms with Gasteiger partial charge in [0.2, 0.25) is 0 Å². The van der Waals surface area contributed by atoms with Gasteiger partial charge in [0.1, 0.15) is 5.78 Å². The van der Waals surface area contributed by atoms with E-state index in [1.807, 2.05) is 16.9 Å². The second-order valence-corrected chi connectivity index (χ2v) is 8.55. The maximum absolute atomic E-state index is 12.2. The van der Waals surface area contributed by atoms with Crippen LogP contribution in [0, 0.1) is 5.92 Å². The topological polar surface area (TPSA) is 69.0 Å². The summed E-state index contributed by atoms with van der Waals surface area (Å²) in [6.45, 7) is 0. The highest BCUT2D eigenvalue weighted by Gasteiger charge is 2.32. The van der Waals surface area contributed by atoms with Crippen molar-refractivity contribution in [1.82, 2.24) is 9.78 Å². The van der Waals surface area contributed by atoms with Gasteiger partial charge in [-0.3, -0.25) is 9.48 Å². The van der Waals surface area contributed by atoms with E-state index < -0.39 is 9.84 Å². The molecular formula is C15H22N2O3S. The molecule has 2 heterocycles. The van der Waals surface area contributed by atoms with Crippen molar-refractivity contribution in [3.05, 3.63) is 18.0 Å². The Morgan fingerprint density at radius 3 is 2.67 bits per heavy atom. The number of Topliss-reactive ketones (excluding diaryl/α,β-unsaturated/α-hetero) is 1. The number of carbonyl (C=O) groups excluding carboxylic acids is 1. The van der Waals surface area contributed by atoms with Crippen molar-refractivity contribution in [1.29, 1.82) is 0 Å². The van der Waals surface area contributed by atoms with Crippen LogP contribution in [-0.4, -0.2) is 35.5 Å². The third-order valence-electron chi connectivity index (χ3n) is 4.66. The average Bonchev–Trinajstić information content (AvgIpc) is 3.06. The molecule has 0 N–H and O–H groups in total. The summed E-state index contributed by atoms with van der Waals surface area (Å²) in [5.74, 6) is -0.130. The zero-order valence-electron chi connectivity index (χ0n) is 12.2. The van der Waals surface area contributed by atoms with Gasteiger partial charge in [-0.05, 0) is 25.3 Å². The highest BCUT2D eigenvalue weighted by atomic mass is 32.2. The molecule has 1 aromatic heterocycles. The normalized spacial score (nSPS) is 26.0. The first kappa shape index (κ1) is 14.8. The van der Waals surface area contributed by atoms with Gasteiger partial charge >= 0.3 is 0 Å². The second-order valence-electron chi connectivity index (χ2n) is 6.32. The van der Waals surface area contributed by atoms with E-state index in [1.165, 1.54) is 19.3 Å². The number of aromatic nitrogens is 2. The van der Waals surface area contributed by atoms with Crippen LogP contribution in [0.1, 0.15) is 50.3 Å². The largest absolute Gasteiger partial charge is 0.299 e. The SMILES string of the molecule is O=C(Cc1ccn(C2CCCCC2)n1)C1CCS(=O)(=O)C1. The van der Waals surface area contributed by atoms with E-state index in [4.69, 9.17) is 0 Å². The molecule has 21 heavy (non-hydrogen) atoms. The zero-order valence-corrected chi connectivity index (χ0v) is 13.0. The molecule has 1 unspecified atom stereocenters. The van der Waals surface area contributed by atoms with Gasteiger partial charge in [0, 0.05) is 12.1 Å². The van der Waals surface area contributed by atoms with Gasteiger partial charge in [0.15, 0.2) is 9.84 Å². The van der Waals surface area contributed by atoms with Crippen LogP contribution in [0.25, 0.3) is 0 Å². The molecule has 0 bridgehead atoms. The summed E-state index contributed by atoms with van der Waals surface area (Å²) >= 11 is 0. The summed E-state index contributed by atoms with van der Waals surface area (Å²) in [5.41, 5.74) is 0.773. The highest BCUT2D eigenvalue weighted by molar-refractivity contribution is 7.91. The number of rotatable bonds is 4. The molecule has 0 radical (unpaired) electrons. The minimum absolute atomic E-state index is 0.0185. The quantitative estimate of drug-likeness (QED) is 0.852. The van der Waals surface area contributed by atoms with Gasteiger partial charge in [-0.1, -0.05) is 19.3 Å². The minimum Gasteiger partial charge on any atom is -0.299 e. The molecule has 1 atom stereocenters. The molecule has 1 aromatic rings. The van der Waals surface area contributed by atoms with Gasteiger partial charge in [-0.15, -0.1) is 0 Å². The molecule has 1 aliphatic carbocycles. The molecule has 1 aliphatic heterocycles. The molecular weight excluding hydrogens is 288 g/mol. The average molecular weight is 310 g/mol. The Labute approximate surface area is 125 Å². The van der Waals surface area contributed by atoms with Crippen molar-refractivity contribution in [2.24, 2.45) is 5.92 Å². The number of carbonyl (C=O) groups is 1. The third-order valence-corrected chi connectivity index (χ3v) is 6.42. The Balaban J connectivity index is 1.60. The summed E-state index contributed by atoms with van der Waals surface area (Å²) in [4.78, 5) is 12.2. The molecule has 3 rings (SSSR count). The molecule has 0 amide bonds. The molecule has 116 valence electrons. The summed E-state index contributed by atoms with van der Waals surface area (Å²) in [6, 6.07) is 2.37. The Morgan fingerprint density at radius 1 is 1.24 bits per heavy atom. The maximum atomic E-state index is 12.2. The molecule has 2 aliphatic rings. The fraction of sp³-hybridized carbons (Fsp3) is 0.733. The predicted octanol–water partition coefficient (Wildman–Crippen LogP) is 1.93. The van der Waals surface area contributed by atoms with E-state index in [9.17, 15) is 13.2 Å². The number of hydrogen-bond acceptors (Lipinski definition) is 4. The van der Waals surface area contributed by atoms with Crippen molar-refractivity contribution in [2.45, 2.75) is 51.0 Å². The van der Waals surface area contributed by atoms with Crippen molar-refractivity contribution in [3.63, 3.8) is 0 Å². The van der Waals surface area contributed by atoms with Crippen LogP contribution in [0.15, 0.2) is 12.3 Å². The van der Waals surface area contributed by atoms with Crippen LogP contribution >= 0.6 is 0 Å². The van der Waals surface area contributed by atoms with E-state index in [1.54, 1.807) is 0 Å². The molecule has 1 saturated carbocycles. The second kappa shape index (κ2) is 5.91. The van der Waals surface area contributed by atoms with Crippen LogP contribution in [0.4, 0.5) is 0 Å². The van der Waals surface area contributed by atoms with E-state index in [0.717, 1.165) is 18.5 Å². The molecule has 0 aromatic carbocycles. The molecule has 1 saturated heterocycles. The lowest BCUT2D eigenvalue weighted by atomic mass is 9.96. The van der Waals surface area contributed by atoms with Crippen LogP contribution in [0.3, 0.4) is 0 Å². The Hall–Kier alpha value is -1.17. The van der Waals surface area contributed by atoms with Crippen LogP contribution in [0.5, 0.6) is 0 Å². The molecule has 2 fully saturated rings. The lowest BCUT2D eigenvalue weighted by Crippen LogP contribution is -2.19. The van der Waals surface area contributed by atoms with Gasteiger partial charge < -0.3 is 0 Å². The fourth-order valence-corrected chi connectivity index (χ4v) is 5.17. The van der Waals surface area contributed by atoms with Crippen molar-refractivity contribution in [2.75, 3.05) is 11.5 Å². The van der Waals surface area contributed by atoms with Gasteiger partial charge in [-0.25, -0.2) is 8.42 Å². The summed E-state index contributed by atoms with van der Waals surface area (Å²) in [6.07, 6.45) is 8.83. The number of sulfone groups is 1. The Kier molecular flexibility index (Phi) is 4.15. The summed E-state index contributed by atoms with van der Waals surface area (Å²) < 4.78 is 24.9. The number of nitrogens with zero attached hydrogens (tertiary/aromatic N) is 2. The highest BCUT2D eigenvalue weighted by Crippen LogP contribution is 2.27. The fourth-order valence-electron chi connectivity index (χ4n) is 3.39.